The molecule has 0 bridgehead atoms. The summed E-state index contributed by atoms with van der Waals surface area (Å²) in [6.07, 6.45) is -5.73. The van der Waals surface area contributed by atoms with Crippen molar-refractivity contribution in [3.63, 3.8) is 0 Å². The predicted molar refractivity (Wildman–Crippen MR) is 67.7 cm³/mol. The van der Waals surface area contributed by atoms with Gasteiger partial charge in [-0.15, -0.1) is 0 Å². The van der Waals surface area contributed by atoms with Crippen LogP contribution in [0.25, 0.3) is 0 Å². The molecule has 0 radical (unpaired) electrons. The van der Waals surface area contributed by atoms with Crippen LogP contribution in [0.15, 0.2) is 24.3 Å². The van der Waals surface area contributed by atoms with Gasteiger partial charge in [-0.1, -0.05) is 0 Å². The molecule has 1 aromatic rings. The highest BCUT2D eigenvalue weighted by Crippen LogP contribution is 2.23. The summed E-state index contributed by atoms with van der Waals surface area (Å²) in [7, 11) is 0. The van der Waals surface area contributed by atoms with E-state index in [-0.39, 0.29) is 6.54 Å². The second-order valence-electron chi connectivity index (χ2n) is 4.28. The monoisotopic (exact) mass is 292 g/mol. The summed E-state index contributed by atoms with van der Waals surface area (Å²) in [4.78, 5) is 13.1. The van der Waals surface area contributed by atoms with Gasteiger partial charge in [-0.05, 0) is 37.2 Å². The predicted octanol–water partition coefficient (Wildman–Crippen LogP) is 2.85. The molecule has 0 heterocycles. The Morgan fingerprint density at radius 2 is 1.80 bits per heavy atom. The number of rotatable bonds is 6. The molecular formula is C13H16F4N2O. The molecule has 0 aliphatic heterocycles. The Morgan fingerprint density at radius 1 is 1.20 bits per heavy atom. The van der Waals surface area contributed by atoms with Crippen molar-refractivity contribution in [2.24, 2.45) is 5.73 Å². The average Bonchev–Trinajstić information content (AvgIpc) is 2.38. The van der Waals surface area contributed by atoms with Crippen LogP contribution in [-0.4, -0.2) is 25.2 Å². The van der Waals surface area contributed by atoms with E-state index < -0.39 is 30.7 Å². The lowest BCUT2D eigenvalue weighted by atomic mass is 10.2. The quantitative estimate of drug-likeness (QED) is 0.819. The van der Waals surface area contributed by atoms with Crippen LogP contribution in [0.5, 0.6) is 0 Å². The number of amides is 1. The number of carbonyl (C=O) groups is 1. The van der Waals surface area contributed by atoms with Gasteiger partial charge in [-0.3, -0.25) is 4.79 Å². The van der Waals surface area contributed by atoms with Crippen molar-refractivity contribution in [3.8, 4) is 0 Å². The van der Waals surface area contributed by atoms with Gasteiger partial charge in [0.15, 0.2) is 0 Å². The Kier molecular flexibility index (Phi) is 5.94. The topological polar surface area (TPSA) is 46.3 Å². The number of alkyl halides is 3. The summed E-state index contributed by atoms with van der Waals surface area (Å²) in [5.41, 5.74) is 5.71. The van der Waals surface area contributed by atoms with Crippen LogP contribution in [0.3, 0.4) is 0 Å². The molecule has 2 N–H and O–H groups in total. The lowest BCUT2D eigenvalue weighted by molar-refractivity contribution is -0.143. The van der Waals surface area contributed by atoms with Crippen LogP contribution in [0, 0.1) is 5.82 Å². The van der Waals surface area contributed by atoms with Gasteiger partial charge in [0.2, 0.25) is 5.91 Å². The number of hydrogen-bond acceptors (Lipinski definition) is 2. The molecule has 0 saturated heterocycles. The first-order valence-electron chi connectivity index (χ1n) is 6.16. The molecule has 20 heavy (non-hydrogen) atoms. The van der Waals surface area contributed by atoms with Crippen molar-refractivity contribution < 1.29 is 22.4 Å². The van der Waals surface area contributed by atoms with E-state index in [1.54, 1.807) is 0 Å². The highest BCUT2D eigenvalue weighted by molar-refractivity contribution is 5.93. The fraction of sp³-hybridized carbons (Fsp3) is 0.462. The second-order valence-corrected chi connectivity index (χ2v) is 4.28. The number of benzene rings is 1. The van der Waals surface area contributed by atoms with E-state index in [1.165, 1.54) is 17.0 Å². The largest absolute Gasteiger partial charge is 0.389 e. The zero-order valence-electron chi connectivity index (χ0n) is 10.8. The molecule has 3 nitrogen and oxygen atoms in total. The first-order valence-corrected chi connectivity index (χ1v) is 6.16. The highest BCUT2D eigenvalue weighted by Gasteiger charge is 2.29. The van der Waals surface area contributed by atoms with E-state index in [1.807, 2.05) is 0 Å². The van der Waals surface area contributed by atoms with E-state index in [4.69, 9.17) is 5.73 Å². The van der Waals surface area contributed by atoms with Gasteiger partial charge in [-0.25, -0.2) is 4.39 Å². The van der Waals surface area contributed by atoms with Gasteiger partial charge in [-0.2, -0.15) is 13.2 Å². The highest BCUT2D eigenvalue weighted by atomic mass is 19.4. The molecule has 0 aliphatic rings. The summed E-state index contributed by atoms with van der Waals surface area (Å²) >= 11 is 0. The Balaban J connectivity index is 2.77. The maximum Gasteiger partial charge on any atom is 0.389 e. The molecule has 1 aromatic carbocycles. The first kappa shape index (κ1) is 16.4. The number of anilines is 1. The Bertz CT molecular complexity index is 431. The van der Waals surface area contributed by atoms with Crippen molar-refractivity contribution in [3.05, 3.63) is 30.1 Å². The molecule has 0 fully saturated rings. The Labute approximate surface area is 114 Å². The van der Waals surface area contributed by atoms with Crippen LogP contribution >= 0.6 is 0 Å². The van der Waals surface area contributed by atoms with Crippen molar-refractivity contribution >= 4 is 11.6 Å². The summed E-state index contributed by atoms with van der Waals surface area (Å²) in [5, 5.41) is 0. The molecule has 0 saturated carbocycles. The van der Waals surface area contributed by atoms with Crippen LogP contribution in [0.2, 0.25) is 0 Å². The van der Waals surface area contributed by atoms with Crippen LogP contribution < -0.4 is 10.6 Å². The minimum absolute atomic E-state index is 0.207. The van der Waals surface area contributed by atoms with Crippen LogP contribution in [0.1, 0.15) is 19.3 Å². The lowest BCUT2D eigenvalue weighted by Crippen LogP contribution is -2.33. The van der Waals surface area contributed by atoms with Gasteiger partial charge in [0.05, 0.1) is 6.42 Å². The Hall–Kier alpha value is -1.63. The van der Waals surface area contributed by atoms with Crippen LogP contribution in [0.4, 0.5) is 23.2 Å². The van der Waals surface area contributed by atoms with Gasteiger partial charge < -0.3 is 10.6 Å². The fourth-order valence-corrected chi connectivity index (χ4v) is 1.65. The minimum atomic E-state index is -4.38. The van der Waals surface area contributed by atoms with Gasteiger partial charge in [0, 0.05) is 18.7 Å². The number of carbonyl (C=O) groups excluding carboxylic acids is 1. The normalized spacial score (nSPS) is 11.4. The SMILES string of the molecule is NCCCN(C(=O)CCC(F)(F)F)c1ccc(F)cc1. The minimum Gasteiger partial charge on any atom is -0.330 e. The van der Waals surface area contributed by atoms with Crippen molar-refractivity contribution in [2.75, 3.05) is 18.0 Å². The summed E-state index contributed by atoms with van der Waals surface area (Å²) in [6, 6.07) is 5.03. The molecule has 0 spiro atoms. The third-order valence-electron chi connectivity index (χ3n) is 2.65. The average molecular weight is 292 g/mol. The number of halogens is 4. The fourth-order valence-electron chi connectivity index (χ4n) is 1.65. The van der Waals surface area contributed by atoms with Gasteiger partial charge in [0.25, 0.3) is 0 Å². The van der Waals surface area contributed by atoms with E-state index in [2.05, 4.69) is 0 Å². The first-order chi connectivity index (χ1) is 9.33. The smallest absolute Gasteiger partial charge is 0.330 e. The van der Waals surface area contributed by atoms with Crippen LogP contribution in [-0.2, 0) is 4.79 Å². The molecule has 7 heteroatoms. The van der Waals surface area contributed by atoms with E-state index in [9.17, 15) is 22.4 Å². The summed E-state index contributed by atoms with van der Waals surface area (Å²) in [6.45, 7) is 0.517. The maximum absolute atomic E-state index is 12.8. The third-order valence-corrected chi connectivity index (χ3v) is 2.65. The molecule has 0 aliphatic carbocycles. The molecular weight excluding hydrogens is 276 g/mol. The van der Waals surface area contributed by atoms with E-state index >= 15 is 0 Å². The lowest BCUT2D eigenvalue weighted by Gasteiger charge is -2.23. The molecule has 112 valence electrons. The molecule has 0 unspecified atom stereocenters. The second kappa shape index (κ2) is 7.23. The Morgan fingerprint density at radius 3 is 2.30 bits per heavy atom. The van der Waals surface area contributed by atoms with Crippen molar-refractivity contribution in [1.29, 1.82) is 0 Å². The number of hydrogen-bond donors (Lipinski definition) is 1. The maximum atomic E-state index is 12.8. The number of nitrogens with two attached hydrogens (primary N) is 1. The van der Waals surface area contributed by atoms with Crippen molar-refractivity contribution in [2.45, 2.75) is 25.4 Å². The zero-order chi connectivity index (χ0) is 15.2. The third kappa shape index (κ3) is 5.56. The molecule has 0 atom stereocenters. The zero-order valence-corrected chi connectivity index (χ0v) is 10.8. The van der Waals surface area contributed by atoms with Gasteiger partial charge >= 0.3 is 6.18 Å². The van der Waals surface area contributed by atoms with Gasteiger partial charge in [0.1, 0.15) is 5.82 Å². The number of nitrogens with zero attached hydrogens (tertiary/aromatic N) is 1. The molecule has 0 aromatic heterocycles. The van der Waals surface area contributed by atoms with E-state index in [0.717, 1.165) is 12.1 Å². The standard InChI is InChI=1S/C13H16F4N2O/c14-10-2-4-11(5-3-10)19(9-1-8-18)12(20)6-7-13(15,16)17/h2-5H,1,6-9,18H2. The van der Waals surface area contributed by atoms with Crippen molar-refractivity contribution in [1.82, 2.24) is 0 Å². The molecule has 1 amide bonds. The summed E-state index contributed by atoms with van der Waals surface area (Å²) < 4.78 is 49.3. The summed E-state index contributed by atoms with van der Waals surface area (Å²) in [5.74, 6) is -1.13. The van der Waals surface area contributed by atoms with E-state index in [0.29, 0.717) is 18.7 Å². The molecule has 1 rings (SSSR count).